The summed E-state index contributed by atoms with van der Waals surface area (Å²) in [5.41, 5.74) is 2.96. The number of hydrogen-bond acceptors (Lipinski definition) is 4. The largest absolute Gasteiger partial charge is 0.379 e. The Morgan fingerprint density at radius 1 is 1.03 bits per heavy atom. The van der Waals surface area contributed by atoms with E-state index in [0.29, 0.717) is 17.5 Å². The Bertz CT molecular complexity index is 813. The maximum absolute atomic E-state index is 12.3. The standard InChI is InChI=1S/C23H28ClN3O2/c24-19-3-1-2-18(16-19)17-23(28)25-20-4-6-21(7-5-20)26-10-8-22(9-11-26)27-12-14-29-15-13-27/h1-7,16,22H,8-15,17H2,(H,25,28). The van der Waals surface area contributed by atoms with Gasteiger partial charge in [0.2, 0.25) is 5.91 Å². The zero-order chi connectivity index (χ0) is 20.1. The van der Waals surface area contributed by atoms with Gasteiger partial charge >= 0.3 is 0 Å². The number of carbonyl (C=O) groups is 1. The number of halogens is 1. The summed E-state index contributed by atoms with van der Waals surface area (Å²) in [7, 11) is 0. The number of piperidine rings is 1. The predicted molar refractivity (Wildman–Crippen MR) is 118 cm³/mol. The van der Waals surface area contributed by atoms with Crippen molar-refractivity contribution in [2.24, 2.45) is 0 Å². The molecule has 4 rings (SSSR count). The number of morpholine rings is 1. The van der Waals surface area contributed by atoms with Gasteiger partial charge in [0.15, 0.2) is 0 Å². The molecule has 0 unspecified atom stereocenters. The van der Waals surface area contributed by atoms with E-state index in [2.05, 4.69) is 27.2 Å². The van der Waals surface area contributed by atoms with Gasteiger partial charge < -0.3 is 15.0 Å². The molecule has 6 heteroatoms. The monoisotopic (exact) mass is 413 g/mol. The van der Waals surface area contributed by atoms with Gasteiger partial charge in [0.05, 0.1) is 19.6 Å². The molecule has 154 valence electrons. The Morgan fingerprint density at radius 2 is 1.76 bits per heavy atom. The van der Waals surface area contributed by atoms with Crippen molar-refractivity contribution in [3.63, 3.8) is 0 Å². The highest BCUT2D eigenvalue weighted by Gasteiger charge is 2.25. The van der Waals surface area contributed by atoms with Crippen LogP contribution in [0.4, 0.5) is 11.4 Å². The van der Waals surface area contributed by atoms with Crippen LogP contribution in [0.15, 0.2) is 48.5 Å². The first-order valence-electron chi connectivity index (χ1n) is 10.4. The first-order valence-corrected chi connectivity index (χ1v) is 10.8. The van der Waals surface area contributed by atoms with Crippen molar-refractivity contribution >= 4 is 28.9 Å². The fourth-order valence-electron chi connectivity index (χ4n) is 4.22. The summed E-state index contributed by atoms with van der Waals surface area (Å²) in [5, 5.41) is 3.62. The van der Waals surface area contributed by atoms with E-state index in [1.165, 1.54) is 18.5 Å². The van der Waals surface area contributed by atoms with Gasteiger partial charge in [-0.3, -0.25) is 9.69 Å². The molecule has 5 nitrogen and oxygen atoms in total. The molecule has 0 aromatic heterocycles. The van der Waals surface area contributed by atoms with Crippen molar-refractivity contribution in [3.8, 4) is 0 Å². The molecule has 0 aliphatic carbocycles. The lowest BCUT2D eigenvalue weighted by molar-refractivity contribution is -0.115. The lowest BCUT2D eigenvalue weighted by Gasteiger charge is -2.40. The topological polar surface area (TPSA) is 44.8 Å². The molecular formula is C23H28ClN3O2. The average Bonchev–Trinajstić information content (AvgIpc) is 2.75. The van der Waals surface area contributed by atoms with Crippen LogP contribution in [0.25, 0.3) is 0 Å². The number of hydrogen-bond donors (Lipinski definition) is 1. The second-order valence-electron chi connectivity index (χ2n) is 7.77. The van der Waals surface area contributed by atoms with Crippen LogP contribution in [0.1, 0.15) is 18.4 Å². The third-order valence-electron chi connectivity index (χ3n) is 5.80. The summed E-state index contributed by atoms with van der Waals surface area (Å²) in [4.78, 5) is 17.3. The Kier molecular flexibility index (Phi) is 6.70. The quantitative estimate of drug-likeness (QED) is 0.809. The van der Waals surface area contributed by atoms with E-state index in [4.69, 9.17) is 16.3 Å². The number of rotatable bonds is 5. The molecule has 2 aromatic carbocycles. The average molecular weight is 414 g/mol. The van der Waals surface area contributed by atoms with Crippen LogP contribution in [-0.4, -0.2) is 56.2 Å². The van der Waals surface area contributed by atoms with Crippen molar-refractivity contribution < 1.29 is 9.53 Å². The maximum atomic E-state index is 12.3. The van der Waals surface area contributed by atoms with Crippen LogP contribution >= 0.6 is 11.6 Å². The molecule has 2 aromatic rings. The SMILES string of the molecule is O=C(Cc1cccc(Cl)c1)Nc1ccc(N2CCC(N3CCOCC3)CC2)cc1. The Labute approximate surface area is 177 Å². The minimum Gasteiger partial charge on any atom is -0.379 e. The van der Waals surface area contributed by atoms with Gasteiger partial charge in [0, 0.05) is 48.6 Å². The molecule has 2 aliphatic rings. The van der Waals surface area contributed by atoms with E-state index in [-0.39, 0.29) is 5.91 Å². The van der Waals surface area contributed by atoms with E-state index in [1.807, 2.05) is 36.4 Å². The van der Waals surface area contributed by atoms with E-state index >= 15 is 0 Å². The third kappa shape index (κ3) is 5.50. The maximum Gasteiger partial charge on any atom is 0.228 e. The van der Waals surface area contributed by atoms with Crippen LogP contribution in [0.5, 0.6) is 0 Å². The molecule has 0 saturated carbocycles. The van der Waals surface area contributed by atoms with Crippen LogP contribution in [0, 0.1) is 0 Å². The molecule has 2 fully saturated rings. The molecule has 2 aliphatic heterocycles. The fourth-order valence-corrected chi connectivity index (χ4v) is 4.44. The Balaban J connectivity index is 1.27. The van der Waals surface area contributed by atoms with Crippen LogP contribution in [-0.2, 0) is 16.0 Å². The molecule has 2 saturated heterocycles. The van der Waals surface area contributed by atoms with Gasteiger partial charge in [-0.25, -0.2) is 0 Å². The second-order valence-corrected chi connectivity index (χ2v) is 8.20. The summed E-state index contributed by atoms with van der Waals surface area (Å²) in [6.45, 7) is 6.00. The number of benzene rings is 2. The van der Waals surface area contributed by atoms with Crippen molar-refractivity contribution in [2.45, 2.75) is 25.3 Å². The smallest absolute Gasteiger partial charge is 0.228 e. The first kappa shape index (κ1) is 20.2. The van der Waals surface area contributed by atoms with Crippen molar-refractivity contribution in [2.75, 3.05) is 49.6 Å². The van der Waals surface area contributed by atoms with Crippen LogP contribution in [0.2, 0.25) is 5.02 Å². The number of nitrogens with one attached hydrogen (secondary N) is 1. The minimum atomic E-state index is -0.0358. The normalized spacial score (nSPS) is 18.6. The van der Waals surface area contributed by atoms with Crippen molar-refractivity contribution in [3.05, 3.63) is 59.1 Å². The minimum absolute atomic E-state index is 0.0358. The molecule has 2 heterocycles. The summed E-state index contributed by atoms with van der Waals surface area (Å²) >= 11 is 5.99. The number of anilines is 2. The molecule has 1 N–H and O–H groups in total. The lowest BCUT2D eigenvalue weighted by atomic mass is 10.0. The Morgan fingerprint density at radius 3 is 2.45 bits per heavy atom. The predicted octanol–water partition coefficient (Wildman–Crippen LogP) is 3.82. The molecule has 1 amide bonds. The lowest BCUT2D eigenvalue weighted by Crippen LogP contribution is -2.49. The van der Waals surface area contributed by atoms with E-state index in [9.17, 15) is 4.79 Å². The molecule has 0 atom stereocenters. The summed E-state index contributed by atoms with van der Waals surface area (Å²) in [5.74, 6) is -0.0358. The van der Waals surface area contributed by atoms with Gasteiger partial charge in [-0.15, -0.1) is 0 Å². The zero-order valence-electron chi connectivity index (χ0n) is 16.6. The summed E-state index contributed by atoms with van der Waals surface area (Å²) in [6, 6.07) is 16.3. The summed E-state index contributed by atoms with van der Waals surface area (Å²) < 4.78 is 5.47. The van der Waals surface area contributed by atoms with E-state index in [0.717, 1.165) is 50.6 Å². The number of carbonyl (C=O) groups excluding carboxylic acids is 1. The third-order valence-corrected chi connectivity index (χ3v) is 6.03. The number of ether oxygens (including phenoxy) is 1. The van der Waals surface area contributed by atoms with E-state index < -0.39 is 0 Å². The zero-order valence-corrected chi connectivity index (χ0v) is 17.4. The second kappa shape index (κ2) is 9.61. The van der Waals surface area contributed by atoms with Crippen molar-refractivity contribution in [1.82, 2.24) is 4.90 Å². The van der Waals surface area contributed by atoms with Gasteiger partial charge in [-0.2, -0.15) is 0 Å². The molecule has 0 bridgehead atoms. The Hall–Kier alpha value is -2.08. The number of nitrogens with zero attached hydrogens (tertiary/aromatic N) is 2. The van der Waals surface area contributed by atoms with Gasteiger partial charge in [0.25, 0.3) is 0 Å². The highest BCUT2D eigenvalue weighted by molar-refractivity contribution is 6.30. The van der Waals surface area contributed by atoms with Gasteiger partial charge in [-0.05, 0) is 54.8 Å². The van der Waals surface area contributed by atoms with Gasteiger partial charge in [0.1, 0.15) is 0 Å². The molecule has 0 radical (unpaired) electrons. The van der Waals surface area contributed by atoms with Crippen molar-refractivity contribution in [1.29, 1.82) is 0 Å². The van der Waals surface area contributed by atoms with Gasteiger partial charge in [-0.1, -0.05) is 23.7 Å². The summed E-state index contributed by atoms with van der Waals surface area (Å²) in [6.07, 6.45) is 2.70. The highest BCUT2D eigenvalue weighted by Crippen LogP contribution is 2.24. The van der Waals surface area contributed by atoms with Crippen LogP contribution < -0.4 is 10.2 Å². The van der Waals surface area contributed by atoms with E-state index in [1.54, 1.807) is 0 Å². The first-order chi connectivity index (χ1) is 14.2. The number of amides is 1. The fraction of sp³-hybridized carbons (Fsp3) is 0.435. The molecule has 0 spiro atoms. The molecular weight excluding hydrogens is 386 g/mol. The highest BCUT2D eigenvalue weighted by atomic mass is 35.5. The van der Waals surface area contributed by atoms with Crippen LogP contribution in [0.3, 0.4) is 0 Å². The molecule has 29 heavy (non-hydrogen) atoms.